The number of carbonyl (C=O) groups is 1. The van der Waals surface area contributed by atoms with Crippen LogP contribution in [0.3, 0.4) is 0 Å². The Morgan fingerprint density at radius 3 is 2.33 bits per heavy atom. The van der Waals surface area contributed by atoms with Gasteiger partial charge >= 0.3 is 6.09 Å². The Morgan fingerprint density at radius 2 is 1.79 bits per heavy atom. The van der Waals surface area contributed by atoms with E-state index in [0.29, 0.717) is 24.7 Å². The molecule has 1 aromatic carbocycles. The molecule has 1 heterocycles. The van der Waals surface area contributed by atoms with E-state index in [1.54, 1.807) is 38.2 Å². The van der Waals surface area contributed by atoms with Crippen LogP contribution >= 0.6 is 11.6 Å². The first-order valence-electron chi connectivity index (χ1n) is 7.72. The Kier molecular flexibility index (Phi) is 6.45. The van der Waals surface area contributed by atoms with E-state index >= 15 is 0 Å². The van der Waals surface area contributed by atoms with E-state index in [9.17, 15) is 13.2 Å². The van der Waals surface area contributed by atoms with Gasteiger partial charge in [0, 0.05) is 44.8 Å². The molecule has 7 nitrogen and oxygen atoms in total. The number of nitrogens with zero attached hydrogens (tertiary/aromatic N) is 3. The number of carbonyl (C=O) groups excluding carboxylic acids is 1. The predicted molar refractivity (Wildman–Crippen MR) is 92.0 cm³/mol. The van der Waals surface area contributed by atoms with Gasteiger partial charge in [-0.05, 0) is 24.6 Å². The third-order valence-corrected chi connectivity index (χ3v) is 5.99. The molecule has 1 amide bonds. The molecule has 0 atom stereocenters. The summed E-state index contributed by atoms with van der Waals surface area (Å²) in [5.41, 5.74) is 0.857. The summed E-state index contributed by atoms with van der Waals surface area (Å²) in [6.45, 7) is 3.47. The zero-order chi connectivity index (χ0) is 17.7. The summed E-state index contributed by atoms with van der Waals surface area (Å²) in [4.78, 5) is 13.2. The van der Waals surface area contributed by atoms with Crippen molar-refractivity contribution >= 4 is 27.9 Å². The average molecular weight is 376 g/mol. The van der Waals surface area contributed by atoms with Crippen molar-refractivity contribution < 1.29 is 17.9 Å². The van der Waals surface area contributed by atoms with Crippen molar-refractivity contribution in [1.82, 2.24) is 13.5 Å². The van der Waals surface area contributed by atoms with Gasteiger partial charge in [-0.3, -0.25) is 0 Å². The van der Waals surface area contributed by atoms with Crippen molar-refractivity contribution in [3.8, 4) is 0 Å². The van der Waals surface area contributed by atoms with Crippen molar-refractivity contribution in [3.05, 3.63) is 34.9 Å². The Balaban J connectivity index is 1.95. The second-order valence-corrected chi connectivity index (χ2v) is 7.95. The van der Waals surface area contributed by atoms with E-state index in [4.69, 9.17) is 16.3 Å². The molecule has 1 saturated heterocycles. The molecular weight excluding hydrogens is 354 g/mol. The van der Waals surface area contributed by atoms with Crippen LogP contribution in [0.4, 0.5) is 4.79 Å². The van der Waals surface area contributed by atoms with E-state index in [0.717, 1.165) is 5.56 Å². The van der Waals surface area contributed by atoms with E-state index in [-0.39, 0.29) is 19.6 Å². The lowest BCUT2D eigenvalue weighted by Crippen LogP contribution is -2.53. The highest BCUT2D eigenvalue weighted by atomic mass is 35.5. The first kappa shape index (κ1) is 19.0. The largest absolute Gasteiger partial charge is 0.450 e. The smallest absolute Gasteiger partial charge is 0.409 e. The summed E-state index contributed by atoms with van der Waals surface area (Å²) >= 11 is 5.84. The summed E-state index contributed by atoms with van der Waals surface area (Å²) in [7, 11) is -2.03. The molecule has 1 fully saturated rings. The standard InChI is InChI=1S/C15H22ClN3O4S/c1-3-23-15(20)18-8-10-19(11-9-18)24(21,22)17(2)12-13-4-6-14(16)7-5-13/h4-7H,3,8-12H2,1-2H3. The number of amides is 1. The van der Waals surface area contributed by atoms with Crippen LogP contribution in [0.1, 0.15) is 12.5 Å². The number of hydrogen-bond acceptors (Lipinski definition) is 4. The number of ether oxygens (including phenoxy) is 1. The number of rotatable bonds is 5. The number of halogens is 1. The highest BCUT2D eigenvalue weighted by Crippen LogP contribution is 2.16. The second kappa shape index (κ2) is 8.15. The summed E-state index contributed by atoms with van der Waals surface area (Å²) in [5, 5.41) is 0.611. The molecular formula is C15H22ClN3O4S. The van der Waals surface area contributed by atoms with Crippen LogP contribution in [-0.4, -0.2) is 67.9 Å². The summed E-state index contributed by atoms with van der Waals surface area (Å²) in [6, 6.07) is 7.06. The highest BCUT2D eigenvalue weighted by Gasteiger charge is 2.32. The maximum Gasteiger partial charge on any atom is 0.409 e. The lowest BCUT2D eigenvalue weighted by molar-refractivity contribution is 0.0925. The first-order chi connectivity index (χ1) is 11.3. The first-order valence-corrected chi connectivity index (χ1v) is 9.49. The van der Waals surface area contributed by atoms with Gasteiger partial charge in [-0.25, -0.2) is 4.79 Å². The summed E-state index contributed by atoms with van der Waals surface area (Å²) in [6.07, 6.45) is -0.399. The van der Waals surface area contributed by atoms with Crippen LogP contribution in [-0.2, 0) is 21.5 Å². The van der Waals surface area contributed by atoms with Crippen LogP contribution < -0.4 is 0 Å². The Morgan fingerprint density at radius 1 is 1.21 bits per heavy atom. The van der Waals surface area contributed by atoms with Crippen LogP contribution in [0.5, 0.6) is 0 Å². The molecule has 1 aromatic rings. The minimum absolute atomic E-state index is 0.256. The monoisotopic (exact) mass is 375 g/mol. The molecule has 2 rings (SSSR count). The van der Waals surface area contributed by atoms with Gasteiger partial charge in [-0.1, -0.05) is 23.7 Å². The fourth-order valence-electron chi connectivity index (χ4n) is 2.44. The van der Waals surface area contributed by atoms with Crippen LogP contribution in [0.2, 0.25) is 5.02 Å². The Bertz CT molecular complexity index is 658. The van der Waals surface area contributed by atoms with E-state index < -0.39 is 16.3 Å². The minimum Gasteiger partial charge on any atom is -0.450 e. The average Bonchev–Trinajstić information content (AvgIpc) is 2.57. The molecule has 0 unspecified atom stereocenters. The van der Waals surface area contributed by atoms with Crippen molar-refractivity contribution in [1.29, 1.82) is 0 Å². The van der Waals surface area contributed by atoms with Gasteiger partial charge in [0.1, 0.15) is 0 Å². The zero-order valence-corrected chi connectivity index (χ0v) is 15.4. The Labute approximate surface area is 147 Å². The van der Waals surface area contributed by atoms with Gasteiger partial charge < -0.3 is 9.64 Å². The van der Waals surface area contributed by atoms with Gasteiger partial charge in [-0.2, -0.15) is 17.0 Å². The molecule has 0 N–H and O–H groups in total. The molecule has 0 saturated carbocycles. The van der Waals surface area contributed by atoms with Crippen molar-refractivity contribution in [2.45, 2.75) is 13.5 Å². The molecule has 1 aliphatic heterocycles. The third-order valence-electron chi connectivity index (χ3n) is 3.80. The van der Waals surface area contributed by atoms with Gasteiger partial charge in [0.15, 0.2) is 0 Å². The van der Waals surface area contributed by atoms with E-state index in [2.05, 4.69) is 0 Å². The molecule has 24 heavy (non-hydrogen) atoms. The number of piperazine rings is 1. The fourth-order valence-corrected chi connectivity index (χ4v) is 3.90. The molecule has 0 spiro atoms. The highest BCUT2D eigenvalue weighted by molar-refractivity contribution is 7.86. The summed E-state index contributed by atoms with van der Waals surface area (Å²) in [5.74, 6) is 0. The molecule has 0 aliphatic carbocycles. The lowest BCUT2D eigenvalue weighted by atomic mass is 10.2. The second-order valence-electron chi connectivity index (χ2n) is 5.48. The summed E-state index contributed by atoms with van der Waals surface area (Å²) < 4.78 is 32.9. The molecule has 0 bridgehead atoms. The molecule has 0 radical (unpaired) electrons. The molecule has 0 aromatic heterocycles. The lowest BCUT2D eigenvalue weighted by Gasteiger charge is -2.35. The van der Waals surface area contributed by atoms with Gasteiger partial charge in [0.25, 0.3) is 10.2 Å². The molecule has 9 heteroatoms. The number of hydrogen-bond donors (Lipinski definition) is 0. The quantitative estimate of drug-likeness (QED) is 0.786. The minimum atomic E-state index is -3.58. The molecule has 1 aliphatic rings. The zero-order valence-electron chi connectivity index (χ0n) is 13.8. The van der Waals surface area contributed by atoms with Crippen LogP contribution in [0, 0.1) is 0 Å². The van der Waals surface area contributed by atoms with Gasteiger partial charge in [0.05, 0.1) is 6.61 Å². The van der Waals surface area contributed by atoms with Crippen LogP contribution in [0.15, 0.2) is 24.3 Å². The topological polar surface area (TPSA) is 70.2 Å². The van der Waals surface area contributed by atoms with Crippen molar-refractivity contribution in [3.63, 3.8) is 0 Å². The van der Waals surface area contributed by atoms with Crippen molar-refractivity contribution in [2.24, 2.45) is 0 Å². The maximum atomic E-state index is 12.7. The maximum absolute atomic E-state index is 12.7. The fraction of sp³-hybridized carbons (Fsp3) is 0.533. The van der Waals surface area contributed by atoms with Gasteiger partial charge in [0.2, 0.25) is 0 Å². The Hall–Kier alpha value is -1.35. The van der Waals surface area contributed by atoms with E-state index in [1.165, 1.54) is 13.5 Å². The van der Waals surface area contributed by atoms with Crippen LogP contribution in [0.25, 0.3) is 0 Å². The number of benzene rings is 1. The van der Waals surface area contributed by atoms with Crippen molar-refractivity contribution in [2.75, 3.05) is 39.8 Å². The normalized spacial score (nSPS) is 16.4. The molecule has 134 valence electrons. The van der Waals surface area contributed by atoms with E-state index in [1.807, 2.05) is 0 Å². The SMILES string of the molecule is CCOC(=O)N1CCN(S(=O)(=O)N(C)Cc2ccc(Cl)cc2)CC1. The third kappa shape index (κ3) is 4.60. The van der Waals surface area contributed by atoms with Gasteiger partial charge in [-0.15, -0.1) is 0 Å². The predicted octanol–water partition coefficient (Wildman–Crippen LogP) is 1.79.